The smallest absolute Gasteiger partial charge is 0.135 e. The third kappa shape index (κ3) is 2.73. The highest BCUT2D eigenvalue weighted by Gasteiger charge is 2.23. The van der Waals surface area contributed by atoms with E-state index >= 15 is 0 Å². The second-order valence-corrected chi connectivity index (χ2v) is 5.76. The molecule has 1 fully saturated rings. The van der Waals surface area contributed by atoms with Gasteiger partial charge in [-0.1, -0.05) is 6.42 Å². The molecule has 19 heavy (non-hydrogen) atoms. The molecule has 104 valence electrons. The number of fused-ring (bicyclic) bond motifs is 1. The number of nitrogens with zero attached hydrogens (tertiary/aromatic N) is 3. The lowest BCUT2D eigenvalue weighted by Crippen LogP contribution is -2.45. The number of piperidine rings is 1. The molecule has 1 aliphatic carbocycles. The maximum absolute atomic E-state index is 4.61. The van der Waals surface area contributed by atoms with E-state index in [9.17, 15) is 0 Å². The van der Waals surface area contributed by atoms with Crippen molar-refractivity contribution in [1.82, 2.24) is 15.3 Å². The largest absolute Gasteiger partial charge is 0.355 e. The summed E-state index contributed by atoms with van der Waals surface area (Å²) in [5.41, 5.74) is 2.73. The third-order valence-electron chi connectivity index (χ3n) is 4.48. The van der Waals surface area contributed by atoms with E-state index in [4.69, 9.17) is 0 Å². The summed E-state index contributed by atoms with van der Waals surface area (Å²) in [4.78, 5) is 11.6. The molecule has 1 aliphatic heterocycles. The van der Waals surface area contributed by atoms with Crippen LogP contribution >= 0.6 is 0 Å². The minimum atomic E-state index is 0.602. The van der Waals surface area contributed by atoms with Gasteiger partial charge in [0.25, 0.3) is 0 Å². The summed E-state index contributed by atoms with van der Waals surface area (Å²) in [6.45, 7) is 2.22. The lowest BCUT2D eigenvalue weighted by molar-refractivity contribution is 0.446. The van der Waals surface area contributed by atoms with Crippen LogP contribution in [0.15, 0.2) is 6.33 Å². The second kappa shape index (κ2) is 5.87. The Kier molecular flexibility index (Phi) is 3.97. The molecule has 4 heteroatoms. The van der Waals surface area contributed by atoms with Gasteiger partial charge in [0.2, 0.25) is 0 Å². The topological polar surface area (TPSA) is 41.0 Å². The van der Waals surface area contributed by atoms with Crippen LogP contribution in [0.5, 0.6) is 0 Å². The number of hydrogen-bond donors (Lipinski definition) is 1. The minimum Gasteiger partial charge on any atom is -0.355 e. The van der Waals surface area contributed by atoms with Crippen LogP contribution < -0.4 is 10.2 Å². The van der Waals surface area contributed by atoms with Crippen molar-refractivity contribution in [2.75, 3.05) is 25.0 Å². The predicted octanol–water partition coefficient (Wildman–Crippen LogP) is 1.93. The first kappa shape index (κ1) is 12.9. The van der Waals surface area contributed by atoms with Gasteiger partial charge in [0, 0.05) is 30.4 Å². The summed E-state index contributed by atoms with van der Waals surface area (Å²) in [7, 11) is 2.06. The summed E-state index contributed by atoms with van der Waals surface area (Å²) >= 11 is 0. The summed E-state index contributed by atoms with van der Waals surface area (Å²) < 4.78 is 0. The maximum Gasteiger partial charge on any atom is 0.135 e. The zero-order chi connectivity index (χ0) is 13.1. The normalized spacial score (nSPS) is 23.8. The highest BCUT2D eigenvalue weighted by atomic mass is 15.2. The fourth-order valence-corrected chi connectivity index (χ4v) is 3.36. The Labute approximate surface area is 115 Å². The fourth-order valence-electron chi connectivity index (χ4n) is 3.36. The quantitative estimate of drug-likeness (QED) is 0.825. The van der Waals surface area contributed by atoms with Crippen LogP contribution in [0.4, 0.5) is 5.82 Å². The van der Waals surface area contributed by atoms with Gasteiger partial charge in [-0.3, -0.25) is 0 Å². The Morgan fingerprint density at radius 1 is 1.16 bits per heavy atom. The van der Waals surface area contributed by atoms with Crippen LogP contribution in [0, 0.1) is 0 Å². The number of likely N-dealkylation sites (N-methyl/N-ethyl adjacent to an activating group) is 1. The SMILES string of the molecule is CNC1CCCN(c2ncnc3c2CCCCC3)C1. The molecule has 0 saturated carbocycles. The highest BCUT2D eigenvalue weighted by Crippen LogP contribution is 2.28. The Bertz CT molecular complexity index is 432. The Balaban J connectivity index is 1.87. The van der Waals surface area contributed by atoms with Crippen molar-refractivity contribution in [2.24, 2.45) is 0 Å². The van der Waals surface area contributed by atoms with Crippen LogP contribution in [0.25, 0.3) is 0 Å². The van der Waals surface area contributed by atoms with Gasteiger partial charge in [0.1, 0.15) is 12.1 Å². The molecule has 1 atom stereocenters. The number of rotatable bonds is 2. The van der Waals surface area contributed by atoms with Crippen molar-refractivity contribution in [3.8, 4) is 0 Å². The van der Waals surface area contributed by atoms with Crippen molar-refractivity contribution in [3.05, 3.63) is 17.6 Å². The lowest BCUT2D eigenvalue weighted by Gasteiger charge is -2.34. The van der Waals surface area contributed by atoms with Gasteiger partial charge in [0.15, 0.2) is 0 Å². The van der Waals surface area contributed by atoms with E-state index in [-0.39, 0.29) is 0 Å². The van der Waals surface area contributed by atoms with Gasteiger partial charge < -0.3 is 10.2 Å². The first-order valence-corrected chi connectivity index (χ1v) is 7.63. The summed E-state index contributed by atoms with van der Waals surface area (Å²) in [6, 6.07) is 0.602. The van der Waals surface area contributed by atoms with E-state index in [0.29, 0.717) is 6.04 Å². The molecule has 0 amide bonds. The fraction of sp³-hybridized carbons (Fsp3) is 0.733. The van der Waals surface area contributed by atoms with Crippen molar-refractivity contribution in [2.45, 2.75) is 51.0 Å². The van der Waals surface area contributed by atoms with Gasteiger partial charge in [-0.2, -0.15) is 0 Å². The molecule has 1 saturated heterocycles. The maximum atomic E-state index is 4.61. The average molecular weight is 260 g/mol. The van der Waals surface area contributed by atoms with E-state index < -0.39 is 0 Å². The molecular weight excluding hydrogens is 236 g/mol. The number of aryl methyl sites for hydroxylation is 1. The molecule has 1 unspecified atom stereocenters. The van der Waals surface area contributed by atoms with Gasteiger partial charge >= 0.3 is 0 Å². The molecule has 3 rings (SSSR count). The molecule has 0 radical (unpaired) electrons. The van der Waals surface area contributed by atoms with Gasteiger partial charge in [0.05, 0.1) is 0 Å². The van der Waals surface area contributed by atoms with E-state index in [0.717, 1.165) is 25.9 Å². The van der Waals surface area contributed by atoms with E-state index in [1.54, 1.807) is 6.33 Å². The van der Waals surface area contributed by atoms with Gasteiger partial charge in [-0.15, -0.1) is 0 Å². The minimum absolute atomic E-state index is 0.602. The monoisotopic (exact) mass is 260 g/mol. The Hall–Kier alpha value is -1.16. The van der Waals surface area contributed by atoms with Crippen LogP contribution in [0.3, 0.4) is 0 Å². The van der Waals surface area contributed by atoms with Crippen LogP contribution in [0.1, 0.15) is 43.4 Å². The number of nitrogens with one attached hydrogen (secondary N) is 1. The number of aromatic nitrogens is 2. The Morgan fingerprint density at radius 3 is 2.95 bits per heavy atom. The van der Waals surface area contributed by atoms with Crippen molar-refractivity contribution in [3.63, 3.8) is 0 Å². The molecule has 4 nitrogen and oxygen atoms in total. The first-order chi connectivity index (χ1) is 9.38. The molecular formula is C15H24N4. The molecule has 0 aromatic carbocycles. The zero-order valence-electron chi connectivity index (χ0n) is 11.9. The van der Waals surface area contributed by atoms with Crippen LogP contribution in [0.2, 0.25) is 0 Å². The molecule has 0 bridgehead atoms. The summed E-state index contributed by atoms with van der Waals surface area (Å²) in [5, 5.41) is 3.41. The second-order valence-electron chi connectivity index (χ2n) is 5.76. The first-order valence-electron chi connectivity index (χ1n) is 7.63. The van der Waals surface area contributed by atoms with E-state index in [2.05, 4.69) is 27.2 Å². The zero-order valence-corrected chi connectivity index (χ0v) is 11.9. The number of hydrogen-bond acceptors (Lipinski definition) is 4. The van der Waals surface area contributed by atoms with Crippen LogP contribution in [-0.4, -0.2) is 36.1 Å². The molecule has 1 aromatic heterocycles. The Morgan fingerprint density at radius 2 is 2.05 bits per heavy atom. The highest BCUT2D eigenvalue weighted by molar-refractivity contribution is 5.49. The number of anilines is 1. The molecule has 0 spiro atoms. The molecule has 1 N–H and O–H groups in total. The van der Waals surface area contributed by atoms with E-state index in [1.165, 1.54) is 49.2 Å². The summed E-state index contributed by atoms with van der Waals surface area (Å²) in [5.74, 6) is 1.21. The molecule has 1 aromatic rings. The van der Waals surface area contributed by atoms with Crippen molar-refractivity contribution < 1.29 is 0 Å². The standard InChI is InChI=1S/C15H24N4/c1-16-12-6-5-9-19(10-12)15-13-7-3-2-4-8-14(13)17-11-18-15/h11-12,16H,2-10H2,1H3. The third-order valence-corrected chi connectivity index (χ3v) is 4.48. The predicted molar refractivity (Wildman–Crippen MR) is 77.6 cm³/mol. The average Bonchev–Trinajstić information content (AvgIpc) is 2.72. The summed E-state index contributed by atoms with van der Waals surface area (Å²) in [6.07, 6.45) is 10.5. The van der Waals surface area contributed by atoms with Crippen LogP contribution in [-0.2, 0) is 12.8 Å². The van der Waals surface area contributed by atoms with E-state index in [1.807, 2.05) is 0 Å². The van der Waals surface area contributed by atoms with Gasteiger partial charge in [-0.25, -0.2) is 9.97 Å². The molecule has 2 aliphatic rings. The molecule has 2 heterocycles. The van der Waals surface area contributed by atoms with Crippen molar-refractivity contribution in [1.29, 1.82) is 0 Å². The van der Waals surface area contributed by atoms with Crippen molar-refractivity contribution >= 4 is 5.82 Å². The van der Waals surface area contributed by atoms with Gasteiger partial charge in [-0.05, 0) is 45.6 Å². The lowest BCUT2D eigenvalue weighted by atomic mass is 10.0.